The van der Waals surface area contributed by atoms with Gasteiger partial charge in [0.1, 0.15) is 0 Å². The van der Waals surface area contributed by atoms with E-state index in [0.717, 1.165) is 81.4 Å². The third-order valence-corrected chi connectivity index (χ3v) is 9.21. The van der Waals surface area contributed by atoms with Crippen molar-refractivity contribution in [2.75, 3.05) is 13.1 Å². The summed E-state index contributed by atoms with van der Waals surface area (Å²) in [7, 11) is 0. The highest BCUT2D eigenvalue weighted by Gasteiger charge is 2.17. The third-order valence-electron chi connectivity index (χ3n) is 9.21. The quantitative estimate of drug-likeness (QED) is 0.102. The predicted octanol–water partition coefficient (Wildman–Crippen LogP) is 8.22. The van der Waals surface area contributed by atoms with Crippen molar-refractivity contribution < 1.29 is 0 Å². The second-order valence-corrected chi connectivity index (χ2v) is 13.3. The molecule has 0 aliphatic heterocycles. The van der Waals surface area contributed by atoms with Crippen LogP contribution in [0.3, 0.4) is 0 Å². The minimum atomic E-state index is 0.616. The molecule has 10 heteroatoms. The van der Waals surface area contributed by atoms with Crippen LogP contribution in [0.1, 0.15) is 22.8 Å². The number of rotatable bonds is 15. The Balaban J connectivity index is 1.09. The highest BCUT2D eigenvalue weighted by atomic mass is 15.2. The molecule has 0 aliphatic rings. The second-order valence-electron chi connectivity index (χ2n) is 13.3. The van der Waals surface area contributed by atoms with Crippen LogP contribution in [0.4, 0.5) is 0 Å². The Morgan fingerprint density at radius 3 is 0.750 bits per heavy atom. The molecule has 0 N–H and O–H groups in total. The first-order valence-electron chi connectivity index (χ1n) is 18.7. The van der Waals surface area contributed by atoms with Gasteiger partial charge in [0.25, 0.3) is 0 Å². The average molecular weight is 733 g/mol. The van der Waals surface area contributed by atoms with E-state index in [9.17, 15) is 0 Å². The van der Waals surface area contributed by atoms with Crippen LogP contribution in [-0.4, -0.2) is 62.8 Å². The first-order valence-corrected chi connectivity index (χ1v) is 18.7. The van der Waals surface area contributed by atoms with E-state index in [1.165, 1.54) is 0 Å². The summed E-state index contributed by atoms with van der Waals surface area (Å²) in [5, 5.41) is 0. The first kappa shape index (κ1) is 36.1. The molecule has 0 aromatic carbocycles. The SMILES string of the molecule is c1ccc(-c2cccc(CN(CCN(Cc3cccc(-c4ccccn4)n3)Cc3cccc(-c4ccccn4)n3)Cc3cccc(-c4ccccn4)n3)n2)nc1. The molecule has 0 radical (unpaired) electrons. The van der Waals surface area contributed by atoms with Gasteiger partial charge in [-0.05, 0) is 97.1 Å². The van der Waals surface area contributed by atoms with Gasteiger partial charge in [0, 0.05) is 64.1 Å². The maximum absolute atomic E-state index is 5.05. The van der Waals surface area contributed by atoms with Gasteiger partial charge in [-0.2, -0.15) is 0 Å². The van der Waals surface area contributed by atoms with E-state index in [0.29, 0.717) is 26.2 Å². The van der Waals surface area contributed by atoms with Gasteiger partial charge in [-0.1, -0.05) is 48.5 Å². The van der Waals surface area contributed by atoms with Gasteiger partial charge in [-0.15, -0.1) is 0 Å². The van der Waals surface area contributed by atoms with E-state index >= 15 is 0 Å². The molecule has 8 rings (SSSR count). The van der Waals surface area contributed by atoms with Crippen LogP contribution in [-0.2, 0) is 26.2 Å². The average Bonchev–Trinajstić information content (AvgIpc) is 3.27. The summed E-state index contributed by atoms with van der Waals surface area (Å²) in [6.45, 7) is 3.92. The second kappa shape index (κ2) is 18.0. The lowest BCUT2D eigenvalue weighted by Crippen LogP contribution is -2.35. The number of hydrogen-bond acceptors (Lipinski definition) is 10. The largest absolute Gasteiger partial charge is 0.290 e. The molecule has 0 atom stereocenters. The van der Waals surface area contributed by atoms with Crippen LogP contribution >= 0.6 is 0 Å². The minimum Gasteiger partial charge on any atom is -0.290 e. The molecule has 8 aromatic rings. The summed E-state index contributed by atoms with van der Waals surface area (Å²) in [5.74, 6) is 0. The van der Waals surface area contributed by atoms with Crippen LogP contribution in [0, 0.1) is 0 Å². The third kappa shape index (κ3) is 9.61. The molecule has 10 nitrogen and oxygen atoms in total. The zero-order valence-electron chi connectivity index (χ0n) is 30.9. The standard InChI is InChI=1S/C46H40N10/c1-5-25-47-39(17-1)43-21-9-13-35(51-43)31-55(32-36-14-10-22-44(52-36)40-18-2-6-26-48-40)29-30-56(33-37-15-11-23-45(53-37)41-19-3-7-27-49-41)34-38-16-12-24-46(54-38)42-20-4-8-28-50-42/h1-28H,29-34H2. The van der Waals surface area contributed by atoms with E-state index < -0.39 is 0 Å². The Hall–Kier alpha value is -6.88. The fourth-order valence-corrected chi connectivity index (χ4v) is 6.53. The molecule has 0 spiro atoms. The summed E-state index contributed by atoms with van der Waals surface area (Å²) in [6.07, 6.45) is 7.19. The highest BCUT2D eigenvalue weighted by molar-refractivity contribution is 5.56. The number of aromatic nitrogens is 8. The van der Waals surface area contributed by atoms with E-state index in [1.807, 2.05) is 97.1 Å². The smallest absolute Gasteiger partial charge is 0.0890 e. The Bertz CT molecular complexity index is 2110. The lowest BCUT2D eigenvalue weighted by molar-refractivity contribution is 0.178. The first-order chi connectivity index (χ1) is 27.7. The fourth-order valence-electron chi connectivity index (χ4n) is 6.53. The molecule has 0 unspecified atom stereocenters. The summed E-state index contributed by atoms with van der Waals surface area (Å²) in [6, 6.07) is 48.1. The number of hydrogen-bond donors (Lipinski definition) is 0. The Morgan fingerprint density at radius 2 is 0.518 bits per heavy atom. The molecule has 0 saturated carbocycles. The molecule has 0 fully saturated rings. The van der Waals surface area contributed by atoms with Gasteiger partial charge >= 0.3 is 0 Å². The van der Waals surface area contributed by atoms with Crippen molar-refractivity contribution >= 4 is 0 Å². The number of nitrogens with zero attached hydrogens (tertiary/aromatic N) is 10. The van der Waals surface area contributed by atoms with Crippen LogP contribution in [0.5, 0.6) is 0 Å². The summed E-state index contributed by atoms with van der Waals surface area (Å²) in [4.78, 5) is 43.2. The molecule has 8 aromatic heterocycles. The maximum Gasteiger partial charge on any atom is 0.0890 e. The molecule has 8 heterocycles. The molecule has 0 bridgehead atoms. The topological polar surface area (TPSA) is 110 Å². The molecule has 0 aliphatic carbocycles. The summed E-state index contributed by atoms with van der Waals surface area (Å²) in [5.41, 5.74) is 10.6. The van der Waals surface area contributed by atoms with Gasteiger partial charge in [0.05, 0.1) is 68.3 Å². The predicted molar refractivity (Wildman–Crippen MR) is 218 cm³/mol. The molecular weight excluding hydrogens is 693 g/mol. The number of pyridine rings is 8. The van der Waals surface area contributed by atoms with E-state index in [-0.39, 0.29) is 0 Å². The van der Waals surface area contributed by atoms with Crippen LogP contribution < -0.4 is 0 Å². The van der Waals surface area contributed by atoms with Crippen LogP contribution in [0.15, 0.2) is 170 Å². The monoisotopic (exact) mass is 732 g/mol. The molecule has 0 saturated heterocycles. The van der Waals surface area contributed by atoms with Gasteiger partial charge in [-0.25, -0.2) is 19.9 Å². The van der Waals surface area contributed by atoms with Gasteiger partial charge in [-0.3, -0.25) is 29.7 Å². The minimum absolute atomic E-state index is 0.616. The van der Waals surface area contributed by atoms with Gasteiger partial charge < -0.3 is 0 Å². The maximum atomic E-state index is 5.05. The highest BCUT2D eigenvalue weighted by Crippen LogP contribution is 2.21. The lowest BCUT2D eigenvalue weighted by Gasteiger charge is -2.27. The Labute approximate surface area is 326 Å². The lowest BCUT2D eigenvalue weighted by atomic mass is 10.2. The van der Waals surface area contributed by atoms with Gasteiger partial charge in [0.15, 0.2) is 0 Å². The van der Waals surface area contributed by atoms with Crippen molar-refractivity contribution in [3.05, 3.63) is 193 Å². The molecule has 274 valence electrons. The van der Waals surface area contributed by atoms with Crippen molar-refractivity contribution in [1.29, 1.82) is 0 Å². The van der Waals surface area contributed by atoms with Crippen molar-refractivity contribution in [1.82, 2.24) is 49.7 Å². The normalized spacial score (nSPS) is 11.2. The Morgan fingerprint density at radius 1 is 0.268 bits per heavy atom. The van der Waals surface area contributed by atoms with Crippen LogP contribution in [0.2, 0.25) is 0 Å². The van der Waals surface area contributed by atoms with Crippen molar-refractivity contribution in [3.8, 4) is 45.6 Å². The zero-order valence-corrected chi connectivity index (χ0v) is 30.9. The van der Waals surface area contributed by atoms with Crippen molar-refractivity contribution in [2.45, 2.75) is 26.2 Å². The van der Waals surface area contributed by atoms with Gasteiger partial charge in [0.2, 0.25) is 0 Å². The van der Waals surface area contributed by atoms with E-state index in [4.69, 9.17) is 19.9 Å². The summed E-state index contributed by atoms with van der Waals surface area (Å²) < 4.78 is 0. The fraction of sp³-hybridized carbons (Fsp3) is 0.130. The Kier molecular flexibility index (Phi) is 11.6. The zero-order chi connectivity index (χ0) is 37.8. The van der Waals surface area contributed by atoms with E-state index in [1.54, 1.807) is 24.8 Å². The van der Waals surface area contributed by atoms with Crippen molar-refractivity contribution in [2.24, 2.45) is 0 Å². The molecular formula is C46H40N10. The molecule has 0 amide bonds. The summed E-state index contributed by atoms with van der Waals surface area (Å²) >= 11 is 0. The van der Waals surface area contributed by atoms with Crippen molar-refractivity contribution in [3.63, 3.8) is 0 Å². The van der Waals surface area contributed by atoms with Crippen LogP contribution in [0.25, 0.3) is 45.6 Å². The molecule has 56 heavy (non-hydrogen) atoms. The van der Waals surface area contributed by atoms with E-state index in [2.05, 4.69) is 78.3 Å².